The Morgan fingerprint density at radius 2 is 1.89 bits per heavy atom. The lowest BCUT2D eigenvalue weighted by molar-refractivity contribution is 0.0696. The van der Waals surface area contributed by atoms with Crippen LogP contribution in [0.25, 0.3) is 0 Å². The third kappa shape index (κ3) is 4.55. The summed E-state index contributed by atoms with van der Waals surface area (Å²) in [5.74, 6) is -0.398. The van der Waals surface area contributed by atoms with Gasteiger partial charge in [0.15, 0.2) is 11.5 Å². The zero-order chi connectivity index (χ0) is 19.9. The van der Waals surface area contributed by atoms with Gasteiger partial charge in [-0.15, -0.1) is 0 Å². The van der Waals surface area contributed by atoms with Crippen LogP contribution in [-0.2, 0) is 0 Å². The average molecular weight is 380 g/mol. The second-order valence-electron chi connectivity index (χ2n) is 5.52. The van der Waals surface area contributed by atoms with Gasteiger partial charge < -0.3 is 19.0 Å². The third-order valence-corrected chi connectivity index (χ3v) is 3.62. The van der Waals surface area contributed by atoms with Crippen molar-refractivity contribution in [3.05, 3.63) is 77.7 Å². The predicted molar refractivity (Wildman–Crippen MR) is 99.8 cm³/mol. The summed E-state index contributed by atoms with van der Waals surface area (Å²) in [6.45, 7) is 0. The number of benzene rings is 2. The summed E-state index contributed by atoms with van der Waals surface area (Å²) in [5, 5.41) is 13.1. The van der Waals surface area contributed by atoms with E-state index in [0.717, 1.165) is 0 Å². The summed E-state index contributed by atoms with van der Waals surface area (Å²) in [4.78, 5) is 23.9. The minimum Gasteiger partial charge on any atom is -0.508 e. The number of amides is 1. The van der Waals surface area contributed by atoms with Crippen LogP contribution < -0.4 is 14.9 Å². The summed E-state index contributed by atoms with van der Waals surface area (Å²) in [6.07, 6.45) is 2.79. The van der Waals surface area contributed by atoms with Gasteiger partial charge in [-0.25, -0.2) is 10.2 Å². The van der Waals surface area contributed by atoms with Gasteiger partial charge in [0, 0.05) is 5.56 Å². The van der Waals surface area contributed by atoms with E-state index in [0.29, 0.717) is 16.9 Å². The topological polar surface area (TPSA) is 110 Å². The number of esters is 1. The maximum atomic E-state index is 12.0. The molecule has 0 saturated heterocycles. The van der Waals surface area contributed by atoms with E-state index in [1.54, 1.807) is 24.3 Å². The molecule has 0 unspecified atom stereocenters. The van der Waals surface area contributed by atoms with Crippen LogP contribution in [-0.4, -0.2) is 30.3 Å². The molecule has 1 aromatic heterocycles. The number of aromatic hydroxyl groups is 1. The Hall–Kier alpha value is -4.07. The van der Waals surface area contributed by atoms with Crippen molar-refractivity contribution in [1.29, 1.82) is 0 Å². The van der Waals surface area contributed by atoms with E-state index >= 15 is 0 Å². The van der Waals surface area contributed by atoms with E-state index < -0.39 is 11.9 Å². The Morgan fingerprint density at radius 1 is 1.11 bits per heavy atom. The Kier molecular flexibility index (Phi) is 5.71. The lowest BCUT2D eigenvalue weighted by atomic mass is 10.2. The molecule has 2 aromatic carbocycles. The molecule has 3 aromatic rings. The summed E-state index contributed by atoms with van der Waals surface area (Å²) in [7, 11) is 1.44. The first-order valence-electron chi connectivity index (χ1n) is 8.13. The molecule has 0 bridgehead atoms. The molecule has 1 heterocycles. The molecule has 0 aliphatic heterocycles. The van der Waals surface area contributed by atoms with E-state index in [-0.39, 0.29) is 17.3 Å². The molecule has 0 saturated carbocycles. The zero-order valence-corrected chi connectivity index (χ0v) is 14.8. The van der Waals surface area contributed by atoms with Gasteiger partial charge >= 0.3 is 5.97 Å². The van der Waals surface area contributed by atoms with Crippen LogP contribution >= 0.6 is 0 Å². The smallest absolute Gasteiger partial charge is 0.379 e. The third-order valence-electron chi connectivity index (χ3n) is 3.62. The molecule has 0 atom stereocenters. The van der Waals surface area contributed by atoms with Crippen LogP contribution in [0.15, 0.2) is 70.4 Å². The van der Waals surface area contributed by atoms with Crippen molar-refractivity contribution in [1.82, 2.24) is 5.43 Å². The van der Waals surface area contributed by atoms with Crippen LogP contribution in [0.1, 0.15) is 26.5 Å². The molecule has 2 N–H and O–H groups in total. The number of carbonyl (C=O) groups is 2. The number of rotatable bonds is 6. The van der Waals surface area contributed by atoms with E-state index in [2.05, 4.69) is 10.5 Å². The zero-order valence-electron chi connectivity index (χ0n) is 14.8. The molecule has 142 valence electrons. The maximum absolute atomic E-state index is 12.0. The molecule has 0 aliphatic carbocycles. The number of nitrogens with zero attached hydrogens (tertiary/aromatic N) is 1. The molecule has 8 nitrogen and oxygen atoms in total. The van der Waals surface area contributed by atoms with Gasteiger partial charge in [0.2, 0.25) is 5.76 Å². The number of phenols is 1. The largest absolute Gasteiger partial charge is 0.508 e. The predicted octanol–water partition coefficient (Wildman–Crippen LogP) is 2.98. The summed E-state index contributed by atoms with van der Waals surface area (Å²) < 4.78 is 15.5. The van der Waals surface area contributed by atoms with E-state index in [9.17, 15) is 14.7 Å². The van der Waals surface area contributed by atoms with Gasteiger partial charge in [-0.1, -0.05) is 0 Å². The molecule has 0 aliphatic rings. The second-order valence-corrected chi connectivity index (χ2v) is 5.52. The first-order chi connectivity index (χ1) is 13.6. The number of furan rings is 1. The SMILES string of the molecule is COc1cc(/C=N/NC(=O)c2ccc(O)cc2)ccc1OC(=O)c1ccco1. The first-order valence-corrected chi connectivity index (χ1v) is 8.13. The van der Waals surface area contributed by atoms with Crippen molar-refractivity contribution in [2.75, 3.05) is 7.11 Å². The molecular weight excluding hydrogens is 364 g/mol. The highest BCUT2D eigenvalue weighted by Crippen LogP contribution is 2.28. The number of phenolic OH excluding ortho intramolecular Hbond substituents is 1. The van der Waals surface area contributed by atoms with Gasteiger partial charge in [-0.3, -0.25) is 4.79 Å². The van der Waals surface area contributed by atoms with Crippen LogP contribution in [0.5, 0.6) is 17.2 Å². The van der Waals surface area contributed by atoms with Gasteiger partial charge in [0.1, 0.15) is 5.75 Å². The molecule has 1 amide bonds. The highest BCUT2D eigenvalue weighted by atomic mass is 16.6. The summed E-state index contributed by atoms with van der Waals surface area (Å²) in [5.41, 5.74) is 3.35. The molecule has 0 fully saturated rings. The molecule has 8 heteroatoms. The van der Waals surface area contributed by atoms with Gasteiger partial charge in [0.05, 0.1) is 19.6 Å². The van der Waals surface area contributed by atoms with Crippen molar-refractivity contribution < 1.29 is 28.6 Å². The minimum absolute atomic E-state index is 0.0694. The number of ether oxygens (including phenoxy) is 2. The monoisotopic (exact) mass is 380 g/mol. The molecule has 3 rings (SSSR count). The lowest BCUT2D eigenvalue weighted by Gasteiger charge is -2.09. The second kappa shape index (κ2) is 8.54. The first kappa shape index (κ1) is 18.7. The average Bonchev–Trinajstić information content (AvgIpc) is 3.24. The van der Waals surface area contributed by atoms with Crippen LogP contribution in [0.4, 0.5) is 0 Å². The number of hydrogen-bond donors (Lipinski definition) is 2. The highest BCUT2D eigenvalue weighted by molar-refractivity contribution is 5.95. The van der Waals surface area contributed by atoms with Gasteiger partial charge in [-0.05, 0) is 60.2 Å². The Bertz CT molecular complexity index is 994. The number of hydrogen-bond acceptors (Lipinski definition) is 7. The Labute approximate surface area is 160 Å². The summed E-state index contributed by atoms with van der Waals surface area (Å²) in [6, 6.07) is 13.6. The van der Waals surface area contributed by atoms with Crippen LogP contribution in [0.3, 0.4) is 0 Å². The van der Waals surface area contributed by atoms with Crippen molar-refractivity contribution >= 4 is 18.1 Å². The molecule has 0 radical (unpaired) electrons. The van der Waals surface area contributed by atoms with Crippen LogP contribution in [0, 0.1) is 0 Å². The normalized spacial score (nSPS) is 10.6. The Balaban J connectivity index is 1.66. The molecule has 28 heavy (non-hydrogen) atoms. The van der Waals surface area contributed by atoms with Crippen molar-refractivity contribution in [2.45, 2.75) is 0 Å². The van der Waals surface area contributed by atoms with Crippen molar-refractivity contribution in [3.63, 3.8) is 0 Å². The number of hydrazone groups is 1. The van der Waals surface area contributed by atoms with Gasteiger partial charge in [0.25, 0.3) is 5.91 Å². The minimum atomic E-state index is -0.647. The van der Waals surface area contributed by atoms with Crippen molar-refractivity contribution in [3.8, 4) is 17.2 Å². The van der Waals surface area contributed by atoms with Gasteiger partial charge in [-0.2, -0.15) is 5.10 Å². The fourth-order valence-corrected chi connectivity index (χ4v) is 2.24. The quantitative estimate of drug-likeness (QED) is 0.294. The van der Waals surface area contributed by atoms with E-state index in [1.165, 1.54) is 49.9 Å². The highest BCUT2D eigenvalue weighted by Gasteiger charge is 2.14. The summed E-state index contributed by atoms with van der Waals surface area (Å²) >= 11 is 0. The maximum Gasteiger partial charge on any atom is 0.379 e. The fraction of sp³-hybridized carbons (Fsp3) is 0.0500. The number of nitrogens with one attached hydrogen (secondary N) is 1. The lowest BCUT2D eigenvalue weighted by Crippen LogP contribution is -2.17. The van der Waals surface area contributed by atoms with Crippen LogP contribution in [0.2, 0.25) is 0 Å². The number of carbonyl (C=O) groups excluding carboxylic acids is 2. The van der Waals surface area contributed by atoms with Crippen molar-refractivity contribution in [2.24, 2.45) is 5.10 Å². The van der Waals surface area contributed by atoms with E-state index in [4.69, 9.17) is 13.9 Å². The van der Waals surface area contributed by atoms with E-state index in [1.807, 2.05) is 0 Å². The number of methoxy groups -OCH3 is 1. The molecular formula is C20H16N2O6. The molecule has 0 spiro atoms. The Morgan fingerprint density at radius 3 is 2.57 bits per heavy atom. The standard InChI is InChI=1S/C20H16N2O6/c1-26-18-11-13(4-9-16(18)28-20(25)17-3-2-10-27-17)12-21-22-19(24)14-5-7-15(23)8-6-14/h2-12,23H,1H3,(H,22,24)/b21-12+. The fourth-order valence-electron chi connectivity index (χ4n) is 2.24.